The summed E-state index contributed by atoms with van der Waals surface area (Å²) < 4.78 is 5.52. The lowest BCUT2D eigenvalue weighted by Crippen LogP contribution is -2.48. The van der Waals surface area contributed by atoms with Crippen LogP contribution in [0.15, 0.2) is 48.5 Å². The van der Waals surface area contributed by atoms with Gasteiger partial charge in [-0.3, -0.25) is 9.59 Å². The summed E-state index contributed by atoms with van der Waals surface area (Å²) in [6.07, 6.45) is 0.531. The predicted octanol–water partition coefficient (Wildman–Crippen LogP) is 3.81. The fourth-order valence-corrected chi connectivity index (χ4v) is 4.19. The number of rotatable bonds is 11. The number of fused-ring (bicyclic) bond motifs is 3. The number of hydrogen-bond acceptors (Lipinski definition) is 5. The molecule has 0 heterocycles. The van der Waals surface area contributed by atoms with Crippen LogP contribution >= 0.6 is 0 Å². The van der Waals surface area contributed by atoms with Crippen LogP contribution in [0.2, 0.25) is 0 Å². The number of carboxylic acid groups (broad SMARTS) is 1. The molecule has 1 aliphatic rings. The number of hydrogen-bond donors (Lipinski definition) is 3. The van der Waals surface area contributed by atoms with E-state index in [1.165, 1.54) is 0 Å². The molecule has 34 heavy (non-hydrogen) atoms. The van der Waals surface area contributed by atoms with E-state index in [0.29, 0.717) is 12.8 Å². The highest BCUT2D eigenvalue weighted by atomic mass is 16.5. The van der Waals surface area contributed by atoms with Crippen molar-refractivity contribution in [2.75, 3.05) is 13.2 Å². The molecule has 0 bridgehead atoms. The normalized spacial score (nSPS) is 13.6. The van der Waals surface area contributed by atoms with Gasteiger partial charge in [-0.25, -0.2) is 4.79 Å². The Hall–Kier alpha value is -3.86. The molecule has 0 spiro atoms. The molecule has 2 aromatic carbocycles. The summed E-state index contributed by atoms with van der Waals surface area (Å²) in [4.78, 5) is 36.5. The average molecular weight is 464 g/mol. The van der Waals surface area contributed by atoms with Gasteiger partial charge in [-0.15, -0.1) is 0 Å². The van der Waals surface area contributed by atoms with Crippen molar-refractivity contribution >= 4 is 18.0 Å². The van der Waals surface area contributed by atoms with Gasteiger partial charge in [0, 0.05) is 18.9 Å². The van der Waals surface area contributed by atoms with Crippen molar-refractivity contribution in [3.05, 3.63) is 59.7 Å². The molecule has 0 aromatic heterocycles. The van der Waals surface area contributed by atoms with E-state index in [9.17, 15) is 19.5 Å². The van der Waals surface area contributed by atoms with Gasteiger partial charge < -0.3 is 20.5 Å². The first-order chi connectivity index (χ1) is 16.5. The Morgan fingerprint density at radius 3 is 2.26 bits per heavy atom. The number of carbonyl (C=O) groups excluding carboxylic acids is 2. The van der Waals surface area contributed by atoms with Crippen molar-refractivity contribution in [3.8, 4) is 17.2 Å². The minimum atomic E-state index is -0.992. The molecule has 2 atom stereocenters. The fraction of sp³-hybridized carbons (Fsp3) is 0.385. The summed E-state index contributed by atoms with van der Waals surface area (Å²) >= 11 is 0. The van der Waals surface area contributed by atoms with Crippen molar-refractivity contribution in [3.63, 3.8) is 0 Å². The Labute approximate surface area is 198 Å². The topological polar surface area (TPSA) is 129 Å². The first kappa shape index (κ1) is 24.8. The molecule has 1 aliphatic carbocycles. The summed E-state index contributed by atoms with van der Waals surface area (Å²) in [7, 11) is 0. The van der Waals surface area contributed by atoms with Crippen LogP contribution < -0.4 is 10.6 Å². The Balaban J connectivity index is 1.62. The number of amides is 2. The Morgan fingerprint density at radius 1 is 1.09 bits per heavy atom. The third-order valence-corrected chi connectivity index (χ3v) is 6.10. The van der Waals surface area contributed by atoms with E-state index < -0.39 is 29.9 Å². The quantitative estimate of drug-likeness (QED) is 0.435. The number of unbranched alkanes of at least 4 members (excludes halogenated alkanes) is 1. The van der Waals surface area contributed by atoms with E-state index >= 15 is 0 Å². The molecule has 0 fully saturated rings. The van der Waals surface area contributed by atoms with Crippen LogP contribution in [0, 0.1) is 17.2 Å². The molecule has 178 valence electrons. The number of alkyl carbamates (subject to hydrolysis) is 1. The lowest BCUT2D eigenvalue weighted by molar-refractivity contribution is -0.141. The highest BCUT2D eigenvalue weighted by Crippen LogP contribution is 2.44. The number of aliphatic carboxylic acids is 1. The number of nitrogens with zero attached hydrogens (tertiary/aromatic N) is 1. The number of nitriles is 1. The Kier molecular flexibility index (Phi) is 8.63. The molecule has 0 aliphatic heterocycles. The summed E-state index contributed by atoms with van der Waals surface area (Å²) in [5.41, 5.74) is 4.40. The number of nitrogens with one attached hydrogen (secondary N) is 2. The number of ether oxygens (including phenoxy) is 1. The van der Waals surface area contributed by atoms with E-state index in [4.69, 9.17) is 10.00 Å². The number of benzene rings is 2. The van der Waals surface area contributed by atoms with Crippen LogP contribution in [-0.2, 0) is 14.3 Å². The second-order valence-electron chi connectivity index (χ2n) is 8.26. The zero-order chi connectivity index (χ0) is 24.5. The minimum absolute atomic E-state index is 0.0359. The summed E-state index contributed by atoms with van der Waals surface area (Å²) in [6, 6.07) is 17.1. The highest BCUT2D eigenvalue weighted by molar-refractivity contribution is 5.86. The molecular weight excluding hydrogens is 434 g/mol. The molecule has 3 N–H and O–H groups in total. The second-order valence-corrected chi connectivity index (χ2v) is 8.26. The van der Waals surface area contributed by atoms with Gasteiger partial charge in [-0.05, 0) is 41.5 Å². The van der Waals surface area contributed by atoms with E-state index in [2.05, 4.69) is 10.6 Å². The molecule has 3 rings (SSSR count). The standard InChI is InChI=1S/C26H29N3O5/c1-2-17(25(31)32)15-28-24(30)23(13-7-8-14-27)29-26(33)34-16-22-20-11-5-3-9-18(20)19-10-4-6-12-21(19)22/h3-6,9-12,17,22-23H,2,7-8,13,15-16H2,1H3,(H,28,30)(H,29,33)(H,31,32). The molecule has 0 saturated carbocycles. The highest BCUT2D eigenvalue weighted by Gasteiger charge is 2.30. The van der Waals surface area contributed by atoms with Crippen LogP contribution in [0.5, 0.6) is 0 Å². The molecule has 2 amide bonds. The lowest BCUT2D eigenvalue weighted by Gasteiger charge is -2.20. The van der Waals surface area contributed by atoms with Gasteiger partial charge in [0.15, 0.2) is 0 Å². The van der Waals surface area contributed by atoms with E-state index in [1.807, 2.05) is 54.6 Å². The Bertz CT molecular complexity index is 1030. The maximum absolute atomic E-state index is 12.6. The fourth-order valence-electron chi connectivity index (χ4n) is 4.19. The molecule has 8 heteroatoms. The van der Waals surface area contributed by atoms with Crippen LogP contribution in [0.1, 0.15) is 49.7 Å². The second kappa shape index (κ2) is 11.8. The Morgan fingerprint density at radius 2 is 1.71 bits per heavy atom. The first-order valence-electron chi connectivity index (χ1n) is 11.4. The molecule has 0 radical (unpaired) electrons. The minimum Gasteiger partial charge on any atom is -0.481 e. The maximum Gasteiger partial charge on any atom is 0.407 e. The molecule has 2 aromatic rings. The van der Waals surface area contributed by atoms with Crippen LogP contribution in [0.25, 0.3) is 11.1 Å². The molecule has 0 saturated heterocycles. The monoisotopic (exact) mass is 463 g/mol. The third-order valence-electron chi connectivity index (χ3n) is 6.10. The van der Waals surface area contributed by atoms with E-state index in [0.717, 1.165) is 22.3 Å². The largest absolute Gasteiger partial charge is 0.481 e. The van der Waals surface area contributed by atoms with Gasteiger partial charge >= 0.3 is 12.1 Å². The summed E-state index contributed by atoms with van der Waals surface area (Å²) in [5.74, 6) is -2.30. The number of carboxylic acids is 1. The van der Waals surface area contributed by atoms with Gasteiger partial charge in [-0.2, -0.15) is 5.26 Å². The van der Waals surface area contributed by atoms with E-state index in [-0.39, 0.29) is 31.9 Å². The lowest BCUT2D eigenvalue weighted by atomic mass is 9.98. The summed E-state index contributed by atoms with van der Waals surface area (Å²) in [5, 5.41) is 23.2. The SMILES string of the molecule is CCC(CNC(=O)C(CCCC#N)NC(=O)OCC1c2ccccc2-c2ccccc21)C(=O)O. The van der Waals surface area contributed by atoms with Gasteiger partial charge in [0.1, 0.15) is 12.6 Å². The summed E-state index contributed by atoms with van der Waals surface area (Å²) in [6.45, 7) is 1.80. The maximum atomic E-state index is 12.6. The van der Waals surface area contributed by atoms with Crippen molar-refractivity contribution in [1.82, 2.24) is 10.6 Å². The van der Waals surface area contributed by atoms with Crippen molar-refractivity contribution < 1.29 is 24.2 Å². The van der Waals surface area contributed by atoms with Gasteiger partial charge in [0.25, 0.3) is 0 Å². The van der Waals surface area contributed by atoms with Gasteiger partial charge in [0.2, 0.25) is 5.91 Å². The smallest absolute Gasteiger partial charge is 0.407 e. The average Bonchev–Trinajstić information content (AvgIpc) is 3.16. The van der Waals surface area contributed by atoms with Crippen LogP contribution in [0.4, 0.5) is 4.79 Å². The van der Waals surface area contributed by atoms with Gasteiger partial charge in [-0.1, -0.05) is 55.5 Å². The van der Waals surface area contributed by atoms with Crippen molar-refractivity contribution in [2.45, 2.75) is 44.6 Å². The molecule has 8 nitrogen and oxygen atoms in total. The van der Waals surface area contributed by atoms with Crippen molar-refractivity contribution in [2.24, 2.45) is 5.92 Å². The number of carbonyl (C=O) groups is 3. The van der Waals surface area contributed by atoms with E-state index in [1.54, 1.807) is 6.92 Å². The zero-order valence-corrected chi connectivity index (χ0v) is 19.1. The molecule has 2 unspecified atom stereocenters. The van der Waals surface area contributed by atoms with Crippen LogP contribution in [-0.4, -0.2) is 42.3 Å². The van der Waals surface area contributed by atoms with Crippen LogP contribution in [0.3, 0.4) is 0 Å². The van der Waals surface area contributed by atoms with Gasteiger partial charge in [0.05, 0.1) is 12.0 Å². The molecular formula is C26H29N3O5. The first-order valence-corrected chi connectivity index (χ1v) is 11.4. The third kappa shape index (κ3) is 5.93. The zero-order valence-electron chi connectivity index (χ0n) is 19.1. The predicted molar refractivity (Wildman–Crippen MR) is 126 cm³/mol. The van der Waals surface area contributed by atoms with Crippen molar-refractivity contribution in [1.29, 1.82) is 5.26 Å².